The topological polar surface area (TPSA) is 59.8 Å². The third-order valence-corrected chi connectivity index (χ3v) is 3.43. The summed E-state index contributed by atoms with van der Waals surface area (Å²) in [5.74, 6) is 0.544. The molecule has 1 aromatic carbocycles. The van der Waals surface area contributed by atoms with E-state index in [2.05, 4.69) is 15.4 Å². The first kappa shape index (κ1) is 13.3. The Labute approximate surface area is 122 Å². The summed E-state index contributed by atoms with van der Waals surface area (Å²) in [6, 6.07) is 11.7. The predicted octanol–water partition coefficient (Wildman–Crippen LogP) is 2.54. The molecule has 0 aliphatic rings. The van der Waals surface area contributed by atoms with Gasteiger partial charge in [-0.3, -0.25) is 9.48 Å². The van der Waals surface area contributed by atoms with Gasteiger partial charge in [-0.05, 0) is 23.9 Å². The third-order valence-electron chi connectivity index (χ3n) is 3.43. The molecule has 106 valence electrons. The Balaban J connectivity index is 1.64. The molecule has 3 rings (SSSR count). The van der Waals surface area contributed by atoms with Crippen LogP contribution >= 0.6 is 0 Å². The number of hydrogen-bond donors (Lipinski definition) is 1. The van der Waals surface area contributed by atoms with Crippen molar-refractivity contribution < 1.29 is 4.79 Å². The van der Waals surface area contributed by atoms with Gasteiger partial charge in [0.2, 0.25) is 5.91 Å². The fraction of sp³-hybridized carbons (Fsp3) is 0.188. The third kappa shape index (κ3) is 3.08. The van der Waals surface area contributed by atoms with Gasteiger partial charge in [-0.15, -0.1) is 0 Å². The van der Waals surface area contributed by atoms with E-state index in [0.29, 0.717) is 18.7 Å². The van der Waals surface area contributed by atoms with Crippen LogP contribution < -0.4 is 5.32 Å². The molecule has 0 spiro atoms. The molecule has 21 heavy (non-hydrogen) atoms. The molecular formula is C16H16N4O. The number of carbonyl (C=O) groups excluding carboxylic acids is 1. The van der Waals surface area contributed by atoms with E-state index in [-0.39, 0.29) is 5.91 Å². The molecule has 2 heterocycles. The average Bonchev–Trinajstić information content (AvgIpc) is 2.90. The zero-order chi connectivity index (χ0) is 14.7. The first-order chi connectivity index (χ1) is 10.2. The van der Waals surface area contributed by atoms with Crippen molar-refractivity contribution in [2.24, 2.45) is 7.05 Å². The lowest BCUT2D eigenvalue weighted by Crippen LogP contribution is -2.14. The van der Waals surface area contributed by atoms with Crippen LogP contribution in [0.1, 0.15) is 12.1 Å². The number of benzene rings is 1. The second kappa shape index (κ2) is 5.75. The lowest BCUT2D eigenvalue weighted by Gasteiger charge is -2.06. The van der Waals surface area contributed by atoms with Crippen LogP contribution in [0.4, 0.5) is 5.82 Å². The molecule has 2 aromatic heterocycles. The summed E-state index contributed by atoms with van der Waals surface area (Å²) in [5, 5.41) is 9.05. The maximum absolute atomic E-state index is 12.0. The molecule has 1 amide bonds. The van der Waals surface area contributed by atoms with E-state index in [9.17, 15) is 4.79 Å². The fourth-order valence-corrected chi connectivity index (χ4v) is 2.25. The molecule has 0 radical (unpaired) electrons. The molecule has 0 fully saturated rings. The van der Waals surface area contributed by atoms with Gasteiger partial charge in [0, 0.05) is 36.9 Å². The van der Waals surface area contributed by atoms with Gasteiger partial charge in [-0.2, -0.15) is 5.10 Å². The monoisotopic (exact) mass is 280 g/mol. The van der Waals surface area contributed by atoms with Gasteiger partial charge in [0.25, 0.3) is 0 Å². The minimum atomic E-state index is -0.0426. The van der Waals surface area contributed by atoms with Crippen molar-refractivity contribution >= 4 is 22.5 Å². The van der Waals surface area contributed by atoms with Gasteiger partial charge >= 0.3 is 0 Å². The summed E-state index contributed by atoms with van der Waals surface area (Å²) < 4.78 is 1.78. The van der Waals surface area contributed by atoms with Crippen molar-refractivity contribution in [3.63, 3.8) is 0 Å². The number of nitrogens with zero attached hydrogens (tertiary/aromatic N) is 3. The Hall–Kier alpha value is -2.69. The SMILES string of the molecule is Cn1nccc1CCC(=O)Nc1cc2ccccc2cn1. The largest absolute Gasteiger partial charge is 0.311 e. The maximum atomic E-state index is 12.0. The smallest absolute Gasteiger partial charge is 0.225 e. The van der Waals surface area contributed by atoms with Crippen LogP contribution in [0, 0.1) is 0 Å². The Bertz CT molecular complexity index is 779. The van der Waals surface area contributed by atoms with Crippen LogP contribution in [0.2, 0.25) is 0 Å². The number of aryl methyl sites for hydroxylation is 2. The van der Waals surface area contributed by atoms with E-state index in [1.807, 2.05) is 43.4 Å². The molecule has 0 aliphatic carbocycles. The summed E-state index contributed by atoms with van der Waals surface area (Å²) in [5.41, 5.74) is 1.04. The van der Waals surface area contributed by atoms with Crippen LogP contribution in [0.15, 0.2) is 48.8 Å². The second-order valence-corrected chi connectivity index (χ2v) is 4.91. The Morgan fingerprint density at radius 1 is 1.24 bits per heavy atom. The van der Waals surface area contributed by atoms with Crippen LogP contribution in [0.3, 0.4) is 0 Å². The number of amides is 1. The summed E-state index contributed by atoms with van der Waals surface area (Å²) >= 11 is 0. The second-order valence-electron chi connectivity index (χ2n) is 4.91. The average molecular weight is 280 g/mol. The number of rotatable bonds is 4. The van der Waals surface area contributed by atoms with E-state index in [1.54, 1.807) is 17.1 Å². The normalized spacial score (nSPS) is 10.7. The predicted molar refractivity (Wildman–Crippen MR) is 81.9 cm³/mol. The Morgan fingerprint density at radius 3 is 2.81 bits per heavy atom. The van der Waals surface area contributed by atoms with Crippen molar-refractivity contribution in [2.45, 2.75) is 12.8 Å². The van der Waals surface area contributed by atoms with Crippen LogP contribution in [-0.4, -0.2) is 20.7 Å². The van der Waals surface area contributed by atoms with E-state index in [0.717, 1.165) is 16.5 Å². The first-order valence-electron chi connectivity index (χ1n) is 6.84. The highest BCUT2D eigenvalue weighted by atomic mass is 16.1. The summed E-state index contributed by atoms with van der Waals surface area (Å²) in [4.78, 5) is 16.2. The zero-order valence-electron chi connectivity index (χ0n) is 11.8. The number of carbonyl (C=O) groups is 1. The number of nitrogens with one attached hydrogen (secondary N) is 1. The van der Waals surface area contributed by atoms with Crippen LogP contribution in [0.25, 0.3) is 10.8 Å². The number of pyridine rings is 1. The highest BCUT2D eigenvalue weighted by Gasteiger charge is 2.06. The first-order valence-corrected chi connectivity index (χ1v) is 6.84. The van der Waals surface area contributed by atoms with E-state index >= 15 is 0 Å². The molecule has 1 N–H and O–H groups in total. The minimum Gasteiger partial charge on any atom is -0.311 e. The van der Waals surface area contributed by atoms with E-state index in [1.165, 1.54) is 0 Å². The van der Waals surface area contributed by atoms with Gasteiger partial charge in [0.05, 0.1) is 0 Å². The molecule has 0 saturated carbocycles. The summed E-state index contributed by atoms with van der Waals surface area (Å²) in [7, 11) is 1.87. The molecule has 5 nitrogen and oxygen atoms in total. The molecule has 3 aromatic rings. The molecular weight excluding hydrogens is 264 g/mol. The van der Waals surface area contributed by atoms with Crippen LogP contribution in [0.5, 0.6) is 0 Å². The highest BCUT2D eigenvalue weighted by Crippen LogP contribution is 2.16. The molecule has 0 aliphatic heterocycles. The molecule has 0 unspecified atom stereocenters. The van der Waals surface area contributed by atoms with Gasteiger partial charge in [0.15, 0.2) is 0 Å². The van der Waals surface area contributed by atoms with Crippen molar-refractivity contribution in [1.29, 1.82) is 0 Å². The number of anilines is 1. The standard InChI is InChI=1S/C16H16N4O/c1-20-14(8-9-18-20)6-7-16(21)19-15-10-12-4-2-3-5-13(12)11-17-15/h2-5,8-11H,6-7H2,1H3,(H,17,19,21). The highest BCUT2D eigenvalue weighted by molar-refractivity contribution is 5.92. The van der Waals surface area contributed by atoms with Crippen molar-refractivity contribution in [3.05, 3.63) is 54.5 Å². The van der Waals surface area contributed by atoms with Gasteiger partial charge < -0.3 is 5.32 Å². The van der Waals surface area contributed by atoms with Gasteiger partial charge in [-0.25, -0.2) is 4.98 Å². The number of hydrogen-bond acceptors (Lipinski definition) is 3. The Morgan fingerprint density at radius 2 is 2.05 bits per heavy atom. The number of aromatic nitrogens is 3. The molecule has 0 saturated heterocycles. The van der Waals surface area contributed by atoms with Crippen LogP contribution in [-0.2, 0) is 18.3 Å². The molecule has 5 heteroatoms. The van der Waals surface area contributed by atoms with Crippen molar-refractivity contribution in [2.75, 3.05) is 5.32 Å². The maximum Gasteiger partial charge on any atom is 0.225 e. The lowest BCUT2D eigenvalue weighted by molar-refractivity contribution is -0.116. The summed E-state index contributed by atoms with van der Waals surface area (Å²) in [6.45, 7) is 0. The number of fused-ring (bicyclic) bond motifs is 1. The van der Waals surface area contributed by atoms with Gasteiger partial charge in [-0.1, -0.05) is 24.3 Å². The fourth-order valence-electron chi connectivity index (χ4n) is 2.25. The molecule has 0 atom stereocenters. The summed E-state index contributed by atoms with van der Waals surface area (Å²) in [6.07, 6.45) is 4.58. The van der Waals surface area contributed by atoms with Crippen molar-refractivity contribution in [1.82, 2.24) is 14.8 Å². The van der Waals surface area contributed by atoms with Gasteiger partial charge in [0.1, 0.15) is 5.82 Å². The molecule has 0 bridgehead atoms. The van der Waals surface area contributed by atoms with Crippen molar-refractivity contribution in [3.8, 4) is 0 Å². The quantitative estimate of drug-likeness (QED) is 0.799. The van der Waals surface area contributed by atoms with E-state index < -0.39 is 0 Å². The minimum absolute atomic E-state index is 0.0426. The zero-order valence-corrected chi connectivity index (χ0v) is 11.8. The lowest BCUT2D eigenvalue weighted by atomic mass is 10.2. The van der Waals surface area contributed by atoms with E-state index in [4.69, 9.17) is 0 Å². The Kier molecular flexibility index (Phi) is 3.64.